The van der Waals surface area contributed by atoms with E-state index in [4.69, 9.17) is 5.11 Å². The molecule has 0 aromatic carbocycles. The minimum atomic E-state index is 0.0927. The monoisotopic (exact) mass is 257 g/mol. The molecule has 1 aliphatic rings. The van der Waals surface area contributed by atoms with Gasteiger partial charge < -0.3 is 15.1 Å². The van der Waals surface area contributed by atoms with Gasteiger partial charge in [0.1, 0.15) is 0 Å². The fourth-order valence-electron chi connectivity index (χ4n) is 3.01. The third-order valence-electron chi connectivity index (χ3n) is 4.47. The number of hydrogen-bond acceptors (Lipinski definition) is 3. The van der Waals surface area contributed by atoms with Crippen molar-refractivity contribution < 1.29 is 10.2 Å². The molecule has 2 N–H and O–H groups in total. The van der Waals surface area contributed by atoms with E-state index in [-0.39, 0.29) is 12.0 Å². The van der Waals surface area contributed by atoms with E-state index >= 15 is 0 Å². The predicted octanol–water partition coefficient (Wildman–Crippen LogP) is 2.27. The number of aliphatic hydroxyl groups excluding tert-OH is 2. The van der Waals surface area contributed by atoms with E-state index in [9.17, 15) is 5.11 Å². The van der Waals surface area contributed by atoms with Gasteiger partial charge in [-0.2, -0.15) is 0 Å². The first-order valence-electron chi connectivity index (χ1n) is 7.60. The number of rotatable bonds is 8. The summed E-state index contributed by atoms with van der Waals surface area (Å²) in [5.41, 5.74) is 0.0927. The zero-order chi connectivity index (χ0) is 13.4. The molecule has 18 heavy (non-hydrogen) atoms. The molecule has 1 rings (SSSR count). The van der Waals surface area contributed by atoms with Crippen LogP contribution in [-0.4, -0.2) is 48.0 Å². The van der Waals surface area contributed by atoms with Crippen molar-refractivity contribution in [1.29, 1.82) is 0 Å². The Kier molecular flexibility index (Phi) is 7.20. The van der Waals surface area contributed by atoms with Gasteiger partial charge in [0.2, 0.25) is 0 Å². The largest absolute Gasteiger partial charge is 0.396 e. The van der Waals surface area contributed by atoms with Crippen LogP contribution in [0.25, 0.3) is 0 Å². The number of nitrogens with zero attached hydrogens (tertiary/aromatic N) is 1. The Morgan fingerprint density at radius 1 is 1.17 bits per heavy atom. The maximum Gasteiger partial charge on any atom is 0.0558 e. The van der Waals surface area contributed by atoms with Gasteiger partial charge in [-0.1, -0.05) is 33.1 Å². The van der Waals surface area contributed by atoms with Gasteiger partial charge in [-0.15, -0.1) is 0 Å². The molecule has 0 atom stereocenters. The van der Waals surface area contributed by atoms with Crippen LogP contribution in [0.15, 0.2) is 0 Å². The summed E-state index contributed by atoms with van der Waals surface area (Å²) < 4.78 is 0. The molecule has 0 spiro atoms. The molecule has 108 valence electrons. The van der Waals surface area contributed by atoms with Crippen LogP contribution in [0.2, 0.25) is 0 Å². The molecule has 0 aromatic heterocycles. The van der Waals surface area contributed by atoms with Gasteiger partial charge in [0.25, 0.3) is 0 Å². The Morgan fingerprint density at radius 3 is 2.33 bits per heavy atom. The zero-order valence-corrected chi connectivity index (χ0v) is 12.2. The SMILES string of the molecule is CCCCN(CCO)CC1(CO)CCC(C)CC1. The third-order valence-corrected chi connectivity index (χ3v) is 4.47. The molecule has 0 saturated heterocycles. The van der Waals surface area contributed by atoms with Gasteiger partial charge in [0, 0.05) is 25.1 Å². The maximum atomic E-state index is 9.78. The van der Waals surface area contributed by atoms with E-state index in [1.54, 1.807) is 0 Å². The molecular formula is C15H31NO2. The van der Waals surface area contributed by atoms with Crippen molar-refractivity contribution in [2.24, 2.45) is 11.3 Å². The van der Waals surface area contributed by atoms with E-state index in [2.05, 4.69) is 18.7 Å². The lowest BCUT2D eigenvalue weighted by Gasteiger charge is -2.41. The Morgan fingerprint density at radius 2 is 1.83 bits per heavy atom. The summed E-state index contributed by atoms with van der Waals surface area (Å²) in [5, 5.41) is 18.9. The van der Waals surface area contributed by atoms with Gasteiger partial charge in [0.15, 0.2) is 0 Å². The molecule has 1 aliphatic carbocycles. The second kappa shape index (κ2) is 8.13. The summed E-state index contributed by atoms with van der Waals surface area (Å²) in [5.74, 6) is 0.812. The summed E-state index contributed by atoms with van der Waals surface area (Å²) in [6.45, 7) is 7.78. The van der Waals surface area contributed by atoms with Crippen LogP contribution in [0.4, 0.5) is 0 Å². The molecule has 0 aliphatic heterocycles. The van der Waals surface area contributed by atoms with E-state index in [0.717, 1.165) is 38.4 Å². The topological polar surface area (TPSA) is 43.7 Å². The Balaban J connectivity index is 2.52. The molecule has 0 bridgehead atoms. The highest BCUT2D eigenvalue weighted by atomic mass is 16.3. The van der Waals surface area contributed by atoms with Gasteiger partial charge in [0.05, 0.1) is 6.61 Å². The van der Waals surface area contributed by atoms with Crippen molar-refractivity contribution in [3.05, 3.63) is 0 Å². The molecule has 1 fully saturated rings. The highest BCUT2D eigenvalue weighted by Gasteiger charge is 2.34. The molecule has 3 heteroatoms. The maximum absolute atomic E-state index is 9.78. The average molecular weight is 257 g/mol. The van der Waals surface area contributed by atoms with Crippen LogP contribution >= 0.6 is 0 Å². The fraction of sp³-hybridized carbons (Fsp3) is 1.00. The second-order valence-corrected chi connectivity index (χ2v) is 6.19. The lowest BCUT2D eigenvalue weighted by molar-refractivity contribution is 0.0242. The summed E-state index contributed by atoms with van der Waals surface area (Å²) in [6.07, 6.45) is 7.11. The zero-order valence-electron chi connectivity index (χ0n) is 12.2. The Hall–Kier alpha value is -0.120. The number of aliphatic hydroxyl groups is 2. The lowest BCUT2D eigenvalue weighted by atomic mass is 9.71. The first-order chi connectivity index (χ1) is 8.65. The fourth-order valence-corrected chi connectivity index (χ4v) is 3.01. The highest BCUT2D eigenvalue weighted by Crippen LogP contribution is 2.39. The van der Waals surface area contributed by atoms with E-state index < -0.39 is 0 Å². The van der Waals surface area contributed by atoms with Crippen LogP contribution in [0.3, 0.4) is 0 Å². The summed E-state index contributed by atoms with van der Waals surface area (Å²) >= 11 is 0. The Labute approximate surface area is 112 Å². The molecule has 0 amide bonds. The van der Waals surface area contributed by atoms with Crippen molar-refractivity contribution >= 4 is 0 Å². The normalized spacial score (nSPS) is 28.8. The minimum Gasteiger partial charge on any atom is -0.396 e. The summed E-state index contributed by atoms with van der Waals surface area (Å²) in [4.78, 5) is 2.34. The molecular weight excluding hydrogens is 226 g/mol. The molecule has 1 saturated carbocycles. The molecule has 0 heterocycles. The van der Waals surface area contributed by atoms with Crippen LogP contribution in [0, 0.1) is 11.3 Å². The van der Waals surface area contributed by atoms with Crippen molar-refractivity contribution in [3.63, 3.8) is 0 Å². The molecule has 3 nitrogen and oxygen atoms in total. The van der Waals surface area contributed by atoms with Gasteiger partial charge in [-0.05, 0) is 31.7 Å². The molecule has 0 aromatic rings. The third kappa shape index (κ3) is 4.87. The standard InChI is InChI=1S/C15H31NO2/c1-3-4-9-16(10-11-17)12-15(13-18)7-5-14(2)6-8-15/h14,17-18H,3-13H2,1-2H3. The smallest absolute Gasteiger partial charge is 0.0558 e. The first kappa shape index (κ1) is 15.9. The van der Waals surface area contributed by atoms with Crippen molar-refractivity contribution in [3.8, 4) is 0 Å². The first-order valence-corrected chi connectivity index (χ1v) is 7.60. The summed E-state index contributed by atoms with van der Waals surface area (Å²) in [7, 11) is 0. The minimum absolute atomic E-state index is 0.0927. The van der Waals surface area contributed by atoms with E-state index in [1.807, 2.05) is 0 Å². The number of unbranched alkanes of at least 4 members (excludes halogenated alkanes) is 1. The van der Waals surface area contributed by atoms with Crippen LogP contribution < -0.4 is 0 Å². The molecule has 0 unspecified atom stereocenters. The second-order valence-electron chi connectivity index (χ2n) is 6.19. The van der Waals surface area contributed by atoms with Gasteiger partial charge in [-0.25, -0.2) is 0 Å². The predicted molar refractivity (Wildman–Crippen MR) is 75.6 cm³/mol. The summed E-state index contributed by atoms with van der Waals surface area (Å²) in [6, 6.07) is 0. The van der Waals surface area contributed by atoms with Gasteiger partial charge in [-0.3, -0.25) is 0 Å². The van der Waals surface area contributed by atoms with Crippen molar-refractivity contribution in [2.45, 2.75) is 52.4 Å². The van der Waals surface area contributed by atoms with Crippen molar-refractivity contribution in [2.75, 3.05) is 32.8 Å². The van der Waals surface area contributed by atoms with Crippen LogP contribution in [0.5, 0.6) is 0 Å². The lowest BCUT2D eigenvalue weighted by Crippen LogP contribution is -2.43. The van der Waals surface area contributed by atoms with Crippen molar-refractivity contribution in [1.82, 2.24) is 4.90 Å². The van der Waals surface area contributed by atoms with Crippen LogP contribution in [0.1, 0.15) is 52.4 Å². The number of hydrogen-bond donors (Lipinski definition) is 2. The highest BCUT2D eigenvalue weighted by molar-refractivity contribution is 4.87. The van der Waals surface area contributed by atoms with Gasteiger partial charge >= 0.3 is 0 Å². The molecule has 0 radical (unpaired) electrons. The van der Waals surface area contributed by atoms with Crippen LogP contribution in [-0.2, 0) is 0 Å². The average Bonchev–Trinajstić information content (AvgIpc) is 2.39. The van der Waals surface area contributed by atoms with E-state index in [1.165, 1.54) is 25.7 Å². The van der Waals surface area contributed by atoms with E-state index in [0.29, 0.717) is 6.61 Å². The Bertz CT molecular complexity index is 213. The quantitative estimate of drug-likeness (QED) is 0.701.